The van der Waals surface area contributed by atoms with Crippen LogP contribution < -0.4 is 10.2 Å². The van der Waals surface area contributed by atoms with Crippen LogP contribution in [0.25, 0.3) is 11.3 Å². The van der Waals surface area contributed by atoms with E-state index >= 15 is 0 Å². The molecule has 5 heteroatoms. The molecule has 0 saturated heterocycles. The third-order valence-corrected chi connectivity index (χ3v) is 4.70. The number of benzene rings is 2. The van der Waals surface area contributed by atoms with Crippen molar-refractivity contribution in [3.8, 4) is 17.0 Å². The molecule has 0 bridgehead atoms. The first-order valence-electron chi connectivity index (χ1n) is 10.7. The summed E-state index contributed by atoms with van der Waals surface area (Å²) in [5.74, 6) is 2.26. The number of unbranched alkanes of at least 4 members (excludes halogenated alkanes) is 4. The summed E-state index contributed by atoms with van der Waals surface area (Å²) in [6.45, 7) is 4.88. The number of hydrogen-bond acceptors (Lipinski definition) is 5. The van der Waals surface area contributed by atoms with E-state index in [2.05, 4.69) is 27.4 Å². The second kappa shape index (κ2) is 11.7. The Morgan fingerprint density at radius 1 is 0.933 bits per heavy atom. The molecule has 3 aromatic rings. The lowest BCUT2D eigenvalue weighted by molar-refractivity contribution is 0.304. The van der Waals surface area contributed by atoms with Crippen molar-refractivity contribution in [2.24, 2.45) is 5.10 Å². The highest BCUT2D eigenvalue weighted by Gasteiger charge is 2.03. The molecule has 0 aliphatic heterocycles. The Balaban J connectivity index is 1.51. The molecule has 0 unspecified atom stereocenters. The van der Waals surface area contributed by atoms with E-state index in [0.29, 0.717) is 11.6 Å². The van der Waals surface area contributed by atoms with Gasteiger partial charge in [0.1, 0.15) is 17.4 Å². The molecule has 30 heavy (non-hydrogen) atoms. The van der Waals surface area contributed by atoms with Gasteiger partial charge in [-0.25, -0.2) is 9.97 Å². The monoisotopic (exact) mass is 402 g/mol. The summed E-state index contributed by atoms with van der Waals surface area (Å²) >= 11 is 0. The molecule has 5 nitrogen and oxygen atoms in total. The standard InChI is InChI=1S/C25H30N4O/c1-3-4-5-6-10-17-30-23-15-13-21(14-16-23)19-26-29-25-18-24(27-20(2)28-25)22-11-8-7-9-12-22/h7-9,11-16,18-19H,3-6,10,17H2,1-2H3,(H,27,28,29)/b26-19+. The minimum Gasteiger partial charge on any atom is -0.494 e. The lowest BCUT2D eigenvalue weighted by Gasteiger charge is -2.06. The number of rotatable bonds is 11. The molecule has 1 heterocycles. The second-order valence-corrected chi connectivity index (χ2v) is 7.25. The van der Waals surface area contributed by atoms with Gasteiger partial charge in [-0.2, -0.15) is 5.10 Å². The molecule has 0 atom stereocenters. The van der Waals surface area contributed by atoms with Crippen molar-refractivity contribution in [2.75, 3.05) is 12.0 Å². The summed E-state index contributed by atoms with van der Waals surface area (Å²) in [5.41, 5.74) is 5.92. The van der Waals surface area contributed by atoms with Crippen LogP contribution in [0.1, 0.15) is 50.4 Å². The van der Waals surface area contributed by atoms with Crippen LogP contribution >= 0.6 is 0 Å². The third-order valence-electron chi connectivity index (χ3n) is 4.70. The average Bonchev–Trinajstić information content (AvgIpc) is 2.77. The van der Waals surface area contributed by atoms with E-state index in [1.165, 1.54) is 25.7 Å². The number of nitrogens with one attached hydrogen (secondary N) is 1. The zero-order valence-electron chi connectivity index (χ0n) is 17.8. The van der Waals surface area contributed by atoms with E-state index in [0.717, 1.165) is 35.6 Å². The Bertz CT molecular complexity index is 924. The van der Waals surface area contributed by atoms with Gasteiger partial charge in [-0.3, -0.25) is 5.43 Å². The topological polar surface area (TPSA) is 59.4 Å². The molecule has 2 aromatic carbocycles. The highest BCUT2D eigenvalue weighted by Crippen LogP contribution is 2.19. The summed E-state index contributed by atoms with van der Waals surface area (Å²) in [6.07, 6.45) is 7.98. The second-order valence-electron chi connectivity index (χ2n) is 7.25. The minimum atomic E-state index is 0.667. The fourth-order valence-electron chi connectivity index (χ4n) is 3.10. The molecular weight excluding hydrogens is 372 g/mol. The van der Waals surface area contributed by atoms with Gasteiger partial charge in [-0.15, -0.1) is 0 Å². The van der Waals surface area contributed by atoms with Crippen molar-refractivity contribution < 1.29 is 4.74 Å². The Hall–Kier alpha value is -3.21. The summed E-state index contributed by atoms with van der Waals surface area (Å²) in [5, 5.41) is 4.32. The molecule has 0 spiro atoms. The molecule has 0 radical (unpaired) electrons. The van der Waals surface area contributed by atoms with Crippen molar-refractivity contribution in [1.82, 2.24) is 9.97 Å². The van der Waals surface area contributed by atoms with Crippen LogP contribution in [0, 0.1) is 6.92 Å². The predicted octanol–water partition coefficient (Wildman–Crippen LogP) is 6.25. The van der Waals surface area contributed by atoms with Crippen LogP contribution in [-0.2, 0) is 0 Å². The van der Waals surface area contributed by atoms with Gasteiger partial charge < -0.3 is 4.74 Å². The van der Waals surface area contributed by atoms with Crippen molar-refractivity contribution in [1.29, 1.82) is 0 Å². The van der Waals surface area contributed by atoms with Crippen LogP contribution in [0.3, 0.4) is 0 Å². The summed E-state index contributed by atoms with van der Waals surface area (Å²) in [4.78, 5) is 8.92. The number of anilines is 1. The first-order valence-corrected chi connectivity index (χ1v) is 10.7. The van der Waals surface area contributed by atoms with Crippen molar-refractivity contribution in [2.45, 2.75) is 46.0 Å². The Kier molecular flexibility index (Phi) is 8.39. The number of hydrazone groups is 1. The Morgan fingerprint density at radius 3 is 2.47 bits per heavy atom. The molecule has 156 valence electrons. The highest BCUT2D eigenvalue weighted by molar-refractivity contribution is 5.80. The molecular formula is C25H30N4O. The van der Waals surface area contributed by atoms with Gasteiger partial charge in [-0.1, -0.05) is 62.9 Å². The molecule has 0 aliphatic rings. The molecule has 0 amide bonds. The number of ether oxygens (including phenoxy) is 1. The summed E-state index contributed by atoms with van der Waals surface area (Å²) in [6, 6.07) is 19.9. The van der Waals surface area contributed by atoms with Crippen LogP contribution in [0.2, 0.25) is 0 Å². The first kappa shape index (κ1) is 21.5. The van der Waals surface area contributed by atoms with Gasteiger partial charge in [0.05, 0.1) is 18.5 Å². The van der Waals surface area contributed by atoms with Crippen LogP contribution in [0.15, 0.2) is 65.8 Å². The molecule has 0 aliphatic carbocycles. The summed E-state index contributed by atoms with van der Waals surface area (Å²) in [7, 11) is 0. The third kappa shape index (κ3) is 6.99. The van der Waals surface area contributed by atoms with Crippen LogP contribution in [0.5, 0.6) is 5.75 Å². The molecule has 1 aromatic heterocycles. The van der Waals surface area contributed by atoms with E-state index in [-0.39, 0.29) is 0 Å². The molecule has 1 N–H and O–H groups in total. The molecule has 0 saturated carbocycles. The first-order chi connectivity index (χ1) is 14.7. The maximum atomic E-state index is 5.81. The molecule has 3 rings (SSSR count). The average molecular weight is 403 g/mol. The zero-order chi connectivity index (χ0) is 21.0. The van der Waals surface area contributed by atoms with E-state index in [1.807, 2.05) is 67.6 Å². The van der Waals surface area contributed by atoms with Crippen molar-refractivity contribution in [3.63, 3.8) is 0 Å². The van der Waals surface area contributed by atoms with Gasteiger partial charge in [0, 0.05) is 11.6 Å². The largest absolute Gasteiger partial charge is 0.494 e. The summed E-state index contributed by atoms with van der Waals surface area (Å²) < 4.78 is 5.81. The lowest BCUT2D eigenvalue weighted by Crippen LogP contribution is -1.99. The highest BCUT2D eigenvalue weighted by atomic mass is 16.5. The molecule has 0 fully saturated rings. The maximum absolute atomic E-state index is 5.81. The fourth-order valence-corrected chi connectivity index (χ4v) is 3.10. The maximum Gasteiger partial charge on any atom is 0.150 e. The van der Waals surface area contributed by atoms with Crippen LogP contribution in [-0.4, -0.2) is 22.8 Å². The zero-order valence-corrected chi connectivity index (χ0v) is 17.8. The van der Waals surface area contributed by atoms with Gasteiger partial charge in [0.25, 0.3) is 0 Å². The number of nitrogens with zero attached hydrogens (tertiary/aromatic N) is 3. The quantitative estimate of drug-likeness (QED) is 0.234. The van der Waals surface area contributed by atoms with E-state index in [9.17, 15) is 0 Å². The predicted molar refractivity (Wildman–Crippen MR) is 124 cm³/mol. The number of aromatic nitrogens is 2. The van der Waals surface area contributed by atoms with Gasteiger partial charge in [0.2, 0.25) is 0 Å². The van der Waals surface area contributed by atoms with Gasteiger partial charge in [0.15, 0.2) is 0 Å². The van der Waals surface area contributed by atoms with Crippen molar-refractivity contribution in [3.05, 3.63) is 72.1 Å². The van der Waals surface area contributed by atoms with E-state index < -0.39 is 0 Å². The Morgan fingerprint density at radius 2 is 1.70 bits per heavy atom. The van der Waals surface area contributed by atoms with Crippen LogP contribution in [0.4, 0.5) is 5.82 Å². The van der Waals surface area contributed by atoms with E-state index in [1.54, 1.807) is 6.21 Å². The fraction of sp³-hybridized carbons (Fsp3) is 0.320. The van der Waals surface area contributed by atoms with Gasteiger partial charge >= 0.3 is 0 Å². The van der Waals surface area contributed by atoms with E-state index in [4.69, 9.17) is 4.74 Å². The SMILES string of the molecule is CCCCCCCOc1ccc(/C=N/Nc2cc(-c3ccccc3)nc(C)n2)cc1. The normalized spacial score (nSPS) is 11.0. The van der Waals surface area contributed by atoms with Gasteiger partial charge in [-0.05, 0) is 43.2 Å². The number of aryl methyl sites for hydroxylation is 1. The lowest BCUT2D eigenvalue weighted by atomic mass is 10.1. The Labute approximate surface area is 179 Å². The number of hydrogen-bond donors (Lipinski definition) is 1. The van der Waals surface area contributed by atoms with Crippen molar-refractivity contribution >= 4 is 12.0 Å². The minimum absolute atomic E-state index is 0.667. The smallest absolute Gasteiger partial charge is 0.150 e.